The van der Waals surface area contributed by atoms with Crippen LogP contribution in [0, 0.1) is 0 Å². The van der Waals surface area contributed by atoms with Crippen LogP contribution in [0.2, 0.25) is 0 Å². The van der Waals surface area contributed by atoms with Crippen molar-refractivity contribution in [1.82, 2.24) is 9.55 Å². The maximum Gasteiger partial charge on any atom is 0.108 e. The van der Waals surface area contributed by atoms with E-state index < -0.39 is 0 Å². The molecule has 0 radical (unpaired) electrons. The van der Waals surface area contributed by atoms with Crippen LogP contribution in [0.3, 0.4) is 0 Å². The van der Waals surface area contributed by atoms with Crippen molar-refractivity contribution in [2.75, 3.05) is 0 Å². The number of hydrogen-bond acceptors (Lipinski definition) is 2. The number of imidazole rings is 1. The summed E-state index contributed by atoms with van der Waals surface area (Å²) < 4.78 is 2.10. The Labute approximate surface area is 102 Å². The molecule has 0 saturated heterocycles. The lowest BCUT2D eigenvalue weighted by Gasteiger charge is -2.08. The van der Waals surface area contributed by atoms with Gasteiger partial charge in [-0.15, -0.1) is 0 Å². The van der Waals surface area contributed by atoms with Crippen molar-refractivity contribution in [3.63, 3.8) is 0 Å². The van der Waals surface area contributed by atoms with Gasteiger partial charge in [0.2, 0.25) is 0 Å². The molecule has 17 heavy (non-hydrogen) atoms. The molecular formula is C14H19N3. The highest BCUT2D eigenvalue weighted by molar-refractivity contribution is 5.16. The maximum atomic E-state index is 5.87. The molecule has 1 heterocycles. The van der Waals surface area contributed by atoms with Gasteiger partial charge in [0.15, 0.2) is 0 Å². The predicted molar refractivity (Wildman–Crippen MR) is 69.7 cm³/mol. The second-order valence-electron chi connectivity index (χ2n) is 4.43. The number of rotatable bonds is 4. The standard InChI is InChI=1S/C14H19N3/c1-11(15)13-10-16-14(17(13)2)9-8-12-6-4-3-5-7-12/h3-7,10-11H,8-9,15H2,1-2H3. The van der Waals surface area contributed by atoms with Crippen LogP contribution < -0.4 is 5.73 Å². The zero-order valence-corrected chi connectivity index (χ0v) is 10.4. The van der Waals surface area contributed by atoms with E-state index in [0.717, 1.165) is 24.4 Å². The fraction of sp³-hybridized carbons (Fsp3) is 0.357. The van der Waals surface area contributed by atoms with Gasteiger partial charge in [0.1, 0.15) is 5.82 Å². The topological polar surface area (TPSA) is 43.8 Å². The molecule has 1 aromatic carbocycles. The minimum Gasteiger partial charge on any atom is -0.334 e. The van der Waals surface area contributed by atoms with Gasteiger partial charge in [-0.2, -0.15) is 0 Å². The first-order valence-corrected chi connectivity index (χ1v) is 5.98. The van der Waals surface area contributed by atoms with Crippen molar-refractivity contribution in [2.45, 2.75) is 25.8 Å². The van der Waals surface area contributed by atoms with Crippen LogP contribution in [0.4, 0.5) is 0 Å². The number of benzene rings is 1. The van der Waals surface area contributed by atoms with Crippen molar-refractivity contribution in [3.05, 3.63) is 53.6 Å². The molecule has 2 rings (SSSR count). The number of aromatic nitrogens is 2. The third-order valence-electron chi connectivity index (χ3n) is 3.07. The zero-order chi connectivity index (χ0) is 12.3. The minimum absolute atomic E-state index is 0.0398. The molecule has 0 bridgehead atoms. The van der Waals surface area contributed by atoms with Crippen LogP contribution in [0.15, 0.2) is 36.5 Å². The number of nitrogens with two attached hydrogens (primary N) is 1. The molecule has 90 valence electrons. The van der Waals surface area contributed by atoms with E-state index in [4.69, 9.17) is 5.73 Å². The third kappa shape index (κ3) is 2.74. The Morgan fingerprint density at radius 3 is 2.53 bits per heavy atom. The van der Waals surface area contributed by atoms with E-state index in [0.29, 0.717) is 0 Å². The normalized spacial score (nSPS) is 12.6. The molecule has 2 aromatic rings. The summed E-state index contributed by atoms with van der Waals surface area (Å²) in [4.78, 5) is 4.44. The second-order valence-corrected chi connectivity index (χ2v) is 4.43. The van der Waals surface area contributed by atoms with Crippen LogP contribution in [0.5, 0.6) is 0 Å². The van der Waals surface area contributed by atoms with E-state index in [1.807, 2.05) is 26.2 Å². The summed E-state index contributed by atoms with van der Waals surface area (Å²) in [5, 5.41) is 0. The molecule has 0 spiro atoms. The SMILES string of the molecule is CC(N)c1cnc(CCc2ccccc2)n1C. The first kappa shape index (κ1) is 11.9. The van der Waals surface area contributed by atoms with Gasteiger partial charge in [0.25, 0.3) is 0 Å². The Balaban J connectivity index is 2.05. The molecule has 0 aliphatic carbocycles. The first-order valence-electron chi connectivity index (χ1n) is 5.98. The molecule has 0 aliphatic heterocycles. The Morgan fingerprint density at radius 1 is 1.24 bits per heavy atom. The van der Waals surface area contributed by atoms with Gasteiger partial charge in [0.05, 0.1) is 11.9 Å². The Hall–Kier alpha value is -1.61. The lowest BCUT2D eigenvalue weighted by molar-refractivity contribution is 0.680. The summed E-state index contributed by atoms with van der Waals surface area (Å²) in [6.07, 6.45) is 3.85. The molecule has 0 saturated carbocycles. The van der Waals surface area contributed by atoms with Crippen molar-refractivity contribution in [3.8, 4) is 0 Å². The third-order valence-corrected chi connectivity index (χ3v) is 3.07. The Kier molecular flexibility index (Phi) is 3.59. The summed E-state index contributed by atoms with van der Waals surface area (Å²) >= 11 is 0. The smallest absolute Gasteiger partial charge is 0.108 e. The van der Waals surface area contributed by atoms with Crippen LogP contribution in [-0.2, 0) is 19.9 Å². The monoisotopic (exact) mass is 229 g/mol. The summed E-state index contributed by atoms with van der Waals surface area (Å²) in [6.45, 7) is 1.98. The highest BCUT2D eigenvalue weighted by Crippen LogP contribution is 2.12. The van der Waals surface area contributed by atoms with Gasteiger partial charge >= 0.3 is 0 Å². The van der Waals surface area contributed by atoms with Crippen molar-refractivity contribution in [2.24, 2.45) is 12.8 Å². The van der Waals surface area contributed by atoms with Crippen LogP contribution in [0.1, 0.15) is 30.0 Å². The molecule has 1 unspecified atom stereocenters. The Morgan fingerprint density at radius 2 is 1.94 bits per heavy atom. The summed E-state index contributed by atoms with van der Waals surface area (Å²) in [5.41, 5.74) is 8.31. The number of aryl methyl sites for hydroxylation is 2. The lowest BCUT2D eigenvalue weighted by Crippen LogP contribution is -2.11. The van der Waals surface area contributed by atoms with Crippen molar-refractivity contribution in [1.29, 1.82) is 0 Å². The number of nitrogens with zero attached hydrogens (tertiary/aromatic N) is 2. The molecular weight excluding hydrogens is 210 g/mol. The molecule has 0 fully saturated rings. The highest BCUT2D eigenvalue weighted by atomic mass is 15.1. The molecule has 0 amide bonds. The van der Waals surface area contributed by atoms with Crippen LogP contribution >= 0.6 is 0 Å². The second kappa shape index (κ2) is 5.15. The van der Waals surface area contributed by atoms with Crippen molar-refractivity contribution < 1.29 is 0 Å². The summed E-state index contributed by atoms with van der Waals surface area (Å²) in [7, 11) is 2.03. The average Bonchev–Trinajstić information content (AvgIpc) is 2.69. The van der Waals surface area contributed by atoms with Gasteiger partial charge in [-0.05, 0) is 18.9 Å². The summed E-state index contributed by atoms with van der Waals surface area (Å²) in [6, 6.07) is 10.5. The Bertz CT molecular complexity index is 471. The minimum atomic E-state index is 0.0398. The van der Waals surface area contributed by atoms with Gasteiger partial charge in [-0.25, -0.2) is 4.98 Å². The van der Waals surface area contributed by atoms with E-state index in [1.54, 1.807) is 0 Å². The van der Waals surface area contributed by atoms with Gasteiger partial charge < -0.3 is 10.3 Å². The zero-order valence-electron chi connectivity index (χ0n) is 10.4. The molecule has 1 aromatic heterocycles. The predicted octanol–water partition coefficient (Wildman–Crippen LogP) is 2.23. The largest absolute Gasteiger partial charge is 0.334 e. The van der Waals surface area contributed by atoms with E-state index in [1.165, 1.54) is 5.56 Å². The van der Waals surface area contributed by atoms with Gasteiger partial charge in [0, 0.05) is 19.5 Å². The van der Waals surface area contributed by atoms with Crippen LogP contribution in [0.25, 0.3) is 0 Å². The first-order chi connectivity index (χ1) is 8.18. The van der Waals surface area contributed by atoms with Crippen molar-refractivity contribution >= 4 is 0 Å². The fourth-order valence-electron chi connectivity index (χ4n) is 2.02. The van der Waals surface area contributed by atoms with Gasteiger partial charge in [-0.1, -0.05) is 30.3 Å². The highest BCUT2D eigenvalue weighted by Gasteiger charge is 2.09. The quantitative estimate of drug-likeness (QED) is 0.873. The molecule has 3 nitrogen and oxygen atoms in total. The van der Waals surface area contributed by atoms with E-state index in [2.05, 4.69) is 33.8 Å². The molecule has 1 atom stereocenters. The van der Waals surface area contributed by atoms with E-state index >= 15 is 0 Å². The molecule has 3 heteroatoms. The van der Waals surface area contributed by atoms with E-state index in [9.17, 15) is 0 Å². The van der Waals surface area contributed by atoms with Gasteiger partial charge in [-0.3, -0.25) is 0 Å². The summed E-state index contributed by atoms with van der Waals surface area (Å²) in [5.74, 6) is 1.10. The maximum absolute atomic E-state index is 5.87. The van der Waals surface area contributed by atoms with E-state index in [-0.39, 0.29) is 6.04 Å². The van der Waals surface area contributed by atoms with Crippen LogP contribution in [-0.4, -0.2) is 9.55 Å². The molecule has 0 aliphatic rings. The average molecular weight is 229 g/mol. The molecule has 2 N–H and O–H groups in total. The number of hydrogen-bond donors (Lipinski definition) is 1. The fourth-order valence-corrected chi connectivity index (χ4v) is 2.02. The lowest BCUT2D eigenvalue weighted by atomic mass is 10.1.